The Hall–Kier alpha value is -2.71. The van der Waals surface area contributed by atoms with Gasteiger partial charge in [-0.15, -0.1) is 0 Å². The number of nitrogens with one attached hydrogen (secondary N) is 2. The lowest BCUT2D eigenvalue weighted by molar-refractivity contribution is -0.121. The highest BCUT2D eigenvalue weighted by molar-refractivity contribution is 7.89. The summed E-state index contributed by atoms with van der Waals surface area (Å²) in [5.41, 5.74) is 3.42. The van der Waals surface area contributed by atoms with Gasteiger partial charge < -0.3 is 10.6 Å². The van der Waals surface area contributed by atoms with Crippen LogP contribution in [0.4, 0.5) is 11.4 Å². The fourth-order valence-electron chi connectivity index (χ4n) is 4.30. The van der Waals surface area contributed by atoms with Crippen LogP contribution in [0.25, 0.3) is 0 Å². The van der Waals surface area contributed by atoms with Crippen molar-refractivity contribution in [2.24, 2.45) is 5.92 Å². The minimum absolute atomic E-state index is 0.0476. The predicted molar refractivity (Wildman–Crippen MR) is 124 cm³/mol. The number of piperidine rings is 1. The average Bonchev–Trinajstić information content (AvgIpc) is 2.99. The Kier molecular flexibility index (Phi) is 6.62. The number of fused-ring (bicyclic) bond motifs is 1. The van der Waals surface area contributed by atoms with Gasteiger partial charge in [0.05, 0.1) is 10.8 Å². The molecule has 1 fully saturated rings. The third kappa shape index (κ3) is 4.86. The van der Waals surface area contributed by atoms with Crippen LogP contribution < -0.4 is 10.6 Å². The maximum Gasteiger partial charge on any atom is 0.243 e. The minimum atomic E-state index is -3.73. The molecule has 4 rings (SSSR count). The number of benzene rings is 2. The van der Waals surface area contributed by atoms with E-state index in [0.29, 0.717) is 44.3 Å². The summed E-state index contributed by atoms with van der Waals surface area (Å²) in [5.74, 6) is -0.600. The summed E-state index contributed by atoms with van der Waals surface area (Å²) in [6, 6.07) is 12.6. The monoisotopic (exact) mass is 455 g/mol. The number of sulfonamides is 1. The molecule has 1 saturated heterocycles. The largest absolute Gasteiger partial charge is 0.326 e. The van der Waals surface area contributed by atoms with Gasteiger partial charge >= 0.3 is 0 Å². The van der Waals surface area contributed by atoms with Gasteiger partial charge in [-0.1, -0.05) is 19.1 Å². The number of hydrogen-bond donors (Lipinski definition) is 2. The van der Waals surface area contributed by atoms with Crippen LogP contribution in [0.5, 0.6) is 0 Å². The first-order valence-corrected chi connectivity index (χ1v) is 12.6. The van der Waals surface area contributed by atoms with Crippen LogP contribution in [0, 0.1) is 5.92 Å². The molecule has 1 unspecified atom stereocenters. The second-order valence-electron chi connectivity index (χ2n) is 8.46. The molecule has 0 spiro atoms. The van der Waals surface area contributed by atoms with E-state index < -0.39 is 15.9 Å². The van der Waals surface area contributed by atoms with Gasteiger partial charge in [0.1, 0.15) is 0 Å². The first-order chi connectivity index (χ1) is 15.4. The van der Waals surface area contributed by atoms with Gasteiger partial charge in [0, 0.05) is 30.9 Å². The summed E-state index contributed by atoms with van der Waals surface area (Å²) in [6.07, 6.45) is 3.99. The number of aryl methyl sites for hydroxylation is 2. The van der Waals surface area contributed by atoms with E-state index in [0.717, 1.165) is 17.7 Å². The van der Waals surface area contributed by atoms with Crippen molar-refractivity contribution in [1.29, 1.82) is 0 Å². The predicted octanol–water partition coefficient (Wildman–Crippen LogP) is 3.56. The van der Waals surface area contributed by atoms with Gasteiger partial charge in [0.15, 0.2) is 0 Å². The molecule has 0 aromatic heterocycles. The number of amides is 2. The van der Waals surface area contributed by atoms with E-state index in [4.69, 9.17) is 0 Å². The molecule has 32 heavy (non-hydrogen) atoms. The first-order valence-electron chi connectivity index (χ1n) is 11.2. The molecule has 2 N–H and O–H groups in total. The standard InChI is InChI=1S/C24H29N3O4S/c1-2-17-8-10-20(11-9-17)25-24(29)19-6-4-14-27(16-19)32(30,31)21-12-13-22-18(15-21)5-3-7-23(28)26-22/h8-13,15,19H,2-7,14,16H2,1H3,(H,25,29)(H,26,28). The Morgan fingerprint density at radius 2 is 1.91 bits per heavy atom. The highest BCUT2D eigenvalue weighted by Crippen LogP contribution is 2.29. The van der Waals surface area contributed by atoms with Crippen molar-refractivity contribution in [2.75, 3.05) is 23.7 Å². The lowest BCUT2D eigenvalue weighted by Crippen LogP contribution is -2.43. The maximum atomic E-state index is 13.3. The highest BCUT2D eigenvalue weighted by atomic mass is 32.2. The quantitative estimate of drug-likeness (QED) is 0.721. The van der Waals surface area contributed by atoms with Crippen molar-refractivity contribution in [3.8, 4) is 0 Å². The lowest BCUT2D eigenvalue weighted by atomic mass is 9.98. The Bertz CT molecular complexity index is 1110. The van der Waals surface area contributed by atoms with Gasteiger partial charge in [-0.25, -0.2) is 8.42 Å². The zero-order valence-corrected chi connectivity index (χ0v) is 19.1. The molecule has 0 saturated carbocycles. The Labute approximate surface area is 189 Å². The normalized spacial score (nSPS) is 19.5. The molecule has 1 atom stereocenters. The number of carbonyl (C=O) groups excluding carboxylic acids is 2. The molecular formula is C24H29N3O4S. The van der Waals surface area contributed by atoms with Crippen molar-refractivity contribution in [1.82, 2.24) is 4.31 Å². The van der Waals surface area contributed by atoms with Crippen LogP contribution in [0.3, 0.4) is 0 Å². The van der Waals surface area contributed by atoms with Crippen LogP contribution >= 0.6 is 0 Å². The summed E-state index contributed by atoms with van der Waals surface area (Å²) < 4.78 is 28.1. The average molecular weight is 456 g/mol. The zero-order valence-electron chi connectivity index (χ0n) is 18.3. The summed E-state index contributed by atoms with van der Waals surface area (Å²) in [6.45, 7) is 2.63. The third-order valence-electron chi connectivity index (χ3n) is 6.22. The van der Waals surface area contributed by atoms with E-state index in [1.54, 1.807) is 18.2 Å². The molecule has 2 aromatic carbocycles. The molecule has 8 heteroatoms. The summed E-state index contributed by atoms with van der Waals surface area (Å²) in [4.78, 5) is 24.8. The summed E-state index contributed by atoms with van der Waals surface area (Å²) >= 11 is 0. The third-order valence-corrected chi connectivity index (χ3v) is 8.08. The van der Waals surface area contributed by atoms with Crippen LogP contribution in [0.15, 0.2) is 47.4 Å². The van der Waals surface area contributed by atoms with Crippen LogP contribution in [-0.2, 0) is 32.5 Å². The molecule has 2 aliphatic rings. The SMILES string of the molecule is CCc1ccc(NC(=O)C2CCCN(S(=O)(=O)c3ccc4c(c3)CCCC(=O)N4)C2)cc1. The number of rotatable bonds is 5. The molecule has 0 aliphatic carbocycles. The molecular weight excluding hydrogens is 426 g/mol. The number of hydrogen-bond acceptors (Lipinski definition) is 4. The molecule has 0 radical (unpaired) electrons. The Morgan fingerprint density at radius 1 is 1.12 bits per heavy atom. The molecule has 2 amide bonds. The van der Waals surface area contributed by atoms with E-state index in [1.165, 1.54) is 9.87 Å². The van der Waals surface area contributed by atoms with Crippen molar-refractivity contribution in [3.63, 3.8) is 0 Å². The zero-order chi connectivity index (χ0) is 22.7. The van der Waals surface area contributed by atoms with Gasteiger partial charge in [0.25, 0.3) is 0 Å². The number of nitrogens with zero attached hydrogens (tertiary/aromatic N) is 1. The van der Waals surface area contributed by atoms with Crippen LogP contribution in [0.2, 0.25) is 0 Å². The molecule has 2 aromatic rings. The van der Waals surface area contributed by atoms with Gasteiger partial charge in [0.2, 0.25) is 21.8 Å². The van der Waals surface area contributed by atoms with E-state index in [9.17, 15) is 18.0 Å². The molecule has 2 heterocycles. The Morgan fingerprint density at radius 3 is 2.66 bits per heavy atom. The second-order valence-corrected chi connectivity index (χ2v) is 10.4. The Balaban J connectivity index is 1.47. The second kappa shape index (κ2) is 9.42. The van der Waals surface area contributed by atoms with Crippen molar-refractivity contribution in [2.45, 2.75) is 50.3 Å². The smallest absolute Gasteiger partial charge is 0.243 e. The summed E-state index contributed by atoms with van der Waals surface area (Å²) in [7, 11) is -3.73. The first kappa shape index (κ1) is 22.5. The number of carbonyl (C=O) groups is 2. The van der Waals surface area contributed by atoms with E-state index >= 15 is 0 Å². The van der Waals surface area contributed by atoms with Crippen LogP contribution in [-0.4, -0.2) is 37.6 Å². The fraction of sp³-hybridized carbons (Fsp3) is 0.417. The van der Waals surface area contributed by atoms with Gasteiger partial charge in [-0.05, 0) is 73.6 Å². The van der Waals surface area contributed by atoms with E-state index in [1.807, 2.05) is 24.3 Å². The summed E-state index contributed by atoms with van der Waals surface area (Å²) in [5, 5.41) is 5.76. The van der Waals surface area contributed by atoms with Crippen molar-refractivity contribution < 1.29 is 18.0 Å². The van der Waals surface area contributed by atoms with Crippen LogP contribution in [0.1, 0.15) is 43.7 Å². The topological polar surface area (TPSA) is 95.6 Å². The molecule has 7 nitrogen and oxygen atoms in total. The van der Waals surface area contributed by atoms with Gasteiger partial charge in [-0.2, -0.15) is 4.31 Å². The van der Waals surface area contributed by atoms with E-state index in [-0.39, 0.29) is 23.3 Å². The van der Waals surface area contributed by atoms with Crippen molar-refractivity contribution in [3.05, 3.63) is 53.6 Å². The van der Waals surface area contributed by atoms with Crippen molar-refractivity contribution >= 4 is 33.2 Å². The van der Waals surface area contributed by atoms with E-state index in [2.05, 4.69) is 17.6 Å². The minimum Gasteiger partial charge on any atom is -0.326 e. The molecule has 0 bridgehead atoms. The highest BCUT2D eigenvalue weighted by Gasteiger charge is 2.33. The fourth-order valence-corrected chi connectivity index (χ4v) is 5.88. The molecule has 170 valence electrons. The van der Waals surface area contributed by atoms with Gasteiger partial charge in [-0.3, -0.25) is 9.59 Å². The molecule has 2 aliphatic heterocycles. The maximum absolute atomic E-state index is 13.3. The lowest BCUT2D eigenvalue weighted by Gasteiger charge is -2.31. The number of anilines is 2.